The summed E-state index contributed by atoms with van der Waals surface area (Å²) in [7, 11) is 1.94. The van der Waals surface area contributed by atoms with E-state index in [4.69, 9.17) is 5.26 Å². The van der Waals surface area contributed by atoms with Crippen LogP contribution in [0.3, 0.4) is 0 Å². The molecule has 0 unspecified atom stereocenters. The van der Waals surface area contributed by atoms with E-state index in [2.05, 4.69) is 28.2 Å². The highest BCUT2D eigenvalue weighted by Gasteiger charge is 2.03. The van der Waals surface area contributed by atoms with Crippen molar-refractivity contribution in [3.63, 3.8) is 0 Å². The van der Waals surface area contributed by atoms with Crippen LogP contribution in [-0.2, 0) is 6.54 Å². The first kappa shape index (κ1) is 10.7. The number of hydrogen-bond acceptors (Lipinski definition) is 3. The fraction of sp³-hybridized carbons (Fsp3) is 0.333. The summed E-state index contributed by atoms with van der Waals surface area (Å²) in [6, 6.07) is 8.28. The zero-order chi connectivity index (χ0) is 11.5. The van der Waals surface area contributed by atoms with Crippen LogP contribution in [0.5, 0.6) is 0 Å². The van der Waals surface area contributed by atoms with Gasteiger partial charge in [0.1, 0.15) is 5.82 Å². The molecule has 1 aromatic heterocycles. The molecule has 16 heavy (non-hydrogen) atoms. The second kappa shape index (κ2) is 4.33. The molecule has 0 saturated carbocycles. The van der Waals surface area contributed by atoms with Crippen LogP contribution in [0.15, 0.2) is 18.2 Å². The highest BCUT2D eigenvalue weighted by Crippen LogP contribution is 2.14. The van der Waals surface area contributed by atoms with Crippen molar-refractivity contribution in [1.29, 1.82) is 5.26 Å². The molecule has 1 N–H and O–H groups in total. The van der Waals surface area contributed by atoms with Crippen LogP contribution in [0.25, 0.3) is 11.0 Å². The van der Waals surface area contributed by atoms with Gasteiger partial charge in [-0.2, -0.15) is 5.26 Å². The lowest BCUT2D eigenvalue weighted by atomic mass is 10.2. The number of H-pyrrole nitrogens is 1. The third-order valence-corrected chi connectivity index (χ3v) is 2.46. The fourth-order valence-electron chi connectivity index (χ4n) is 1.77. The summed E-state index contributed by atoms with van der Waals surface area (Å²) in [5, 5.41) is 8.58. The lowest BCUT2D eigenvalue weighted by molar-refractivity contribution is 0.367. The summed E-state index contributed by atoms with van der Waals surface area (Å²) in [5.41, 5.74) is 3.23. The van der Waals surface area contributed by atoms with Crippen LogP contribution >= 0.6 is 0 Å². The van der Waals surface area contributed by atoms with E-state index in [1.165, 1.54) is 5.56 Å². The second-order valence-corrected chi connectivity index (χ2v) is 4.00. The molecule has 2 rings (SSSR count). The number of rotatable bonds is 3. The van der Waals surface area contributed by atoms with Gasteiger partial charge < -0.3 is 4.98 Å². The van der Waals surface area contributed by atoms with Gasteiger partial charge in [0.2, 0.25) is 0 Å². The van der Waals surface area contributed by atoms with Crippen molar-refractivity contribution in [2.45, 2.75) is 13.5 Å². The molecule has 2 aromatic rings. The summed E-state index contributed by atoms with van der Waals surface area (Å²) in [5.74, 6) is 0.928. The van der Waals surface area contributed by atoms with E-state index in [1.54, 1.807) is 0 Å². The first-order chi connectivity index (χ1) is 7.69. The number of nitrogens with zero attached hydrogens (tertiary/aromatic N) is 3. The summed E-state index contributed by atoms with van der Waals surface area (Å²) in [6.07, 6.45) is 0. The van der Waals surface area contributed by atoms with Crippen LogP contribution in [0.4, 0.5) is 0 Å². The summed E-state index contributed by atoms with van der Waals surface area (Å²) in [4.78, 5) is 9.53. The first-order valence-corrected chi connectivity index (χ1v) is 5.20. The van der Waals surface area contributed by atoms with Gasteiger partial charge in [-0.3, -0.25) is 4.90 Å². The van der Waals surface area contributed by atoms with Crippen molar-refractivity contribution in [3.8, 4) is 6.07 Å². The number of aromatic nitrogens is 2. The van der Waals surface area contributed by atoms with Gasteiger partial charge in [-0.25, -0.2) is 4.98 Å². The molecule has 0 amide bonds. The Morgan fingerprint density at radius 2 is 2.31 bits per heavy atom. The van der Waals surface area contributed by atoms with Crippen LogP contribution in [0.1, 0.15) is 11.4 Å². The Labute approximate surface area is 94.5 Å². The number of imidazole rings is 1. The first-order valence-electron chi connectivity index (χ1n) is 5.20. The van der Waals surface area contributed by atoms with Crippen LogP contribution in [0, 0.1) is 18.3 Å². The van der Waals surface area contributed by atoms with Crippen molar-refractivity contribution in [2.75, 3.05) is 13.6 Å². The van der Waals surface area contributed by atoms with Crippen molar-refractivity contribution in [1.82, 2.24) is 14.9 Å². The standard InChI is InChI=1S/C12H14N4/c1-9-14-11-4-3-10(7-12(11)15-9)8-16(2)6-5-13/h3-4,7H,6,8H2,1-2H3,(H,14,15). The minimum Gasteiger partial charge on any atom is -0.342 e. The quantitative estimate of drug-likeness (QED) is 0.793. The molecule has 1 heterocycles. The maximum atomic E-state index is 8.58. The van der Waals surface area contributed by atoms with E-state index >= 15 is 0 Å². The Kier molecular flexibility index (Phi) is 2.88. The third kappa shape index (κ3) is 2.20. The summed E-state index contributed by atoms with van der Waals surface area (Å²) >= 11 is 0. The van der Waals surface area contributed by atoms with Crippen molar-refractivity contribution in [2.24, 2.45) is 0 Å². The van der Waals surface area contributed by atoms with Gasteiger partial charge in [0.05, 0.1) is 23.6 Å². The lowest BCUT2D eigenvalue weighted by Crippen LogP contribution is -2.17. The third-order valence-electron chi connectivity index (χ3n) is 2.46. The number of nitriles is 1. The topological polar surface area (TPSA) is 55.7 Å². The Hall–Kier alpha value is -1.86. The molecular formula is C12H14N4. The van der Waals surface area contributed by atoms with Gasteiger partial charge >= 0.3 is 0 Å². The predicted molar refractivity (Wildman–Crippen MR) is 62.8 cm³/mol. The van der Waals surface area contributed by atoms with E-state index in [-0.39, 0.29) is 0 Å². The van der Waals surface area contributed by atoms with Crippen LogP contribution in [0.2, 0.25) is 0 Å². The molecule has 0 saturated heterocycles. The molecule has 4 heteroatoms. The molecule has 0 spiro atoms. The van der Waals surface area contributed by atoms with E-state index in [0.29, 0.717) is 6.54 Å². The molecule has 0 atom stereocenters. The van der Waals surface area contributed by atoms with Gasteiger partial charge in [-0.05, 0) is 31.7 Å². The molecule has 0 bridgehead atoms. The van der Waals surface area contributed by atoms with Crippen molar-refractivity contribution in [3.05, 3.63) is 29.6 Å². The fourth-order valence-corrected chi connectivity index (χ4v) is 1.77. The molecule has 1 aromatic carbocycles. The van der Waals surface area contributed by atoms with Crippen LogP contribution < -0.4 is 0 Å². The molecule has 0 aliphatic heterocycles. The second-order valence-electron chi connectivity index (χ2n) is 4.00. The molecular weight excluding hydrogens is 200 g/mol. The summed E-state index contributed by atoms with van der Waals surface area (Å²) < 4.78 is 0. The molecule has 0 radical (unpaired) electrons. The molecule has 4 nitrogen and oxygen atoms in total. The number of nitrogens with one attached hydrogen (secondary N) is 1. The Balaban J connectivity index is 2.22. The van der Waals surface area contributed by atoms with E-state index in [9.17, 15) is 0 Å². The zero-order valence-corrected chi connectivity index (χ0v) is 9.49. The molecule has 82 valence electrons. The lowest BCUT2D eigenvalue weighted by Gasteiger charge is -2.11. The number of aryl methyl sites for hydroxylation is 1. The largest absolute Gasteiger partial charge is 0.342 e. The maximum absolute atomic E-state index is 8.58. The molecule has 0 fully saturated rings. The van der Waals surface area contributed by atoms with E-state index < -0.39 is 0 Å². The monoisotopic (exact) mass is 214 g/mol. The zero-order valence-electron chi connectivity index (χ0n) is 9.49. The van der Waals surface area contributed by atoms with Crippen molar-refractivity contribution < 1.29 is 0 Å². The minimum atomic E-state index is 0.444. The maximum Gasteiger partial charge on any atom is 0.104 e. The SMILES string of the molecule is Cc1nc2ccc(CN(C)CC#N)cc2[nH]1. The normalized spacial score (nSPS) is 10.9. The minimum absolute atomic E-state index is 0.444. The number of benzene rings is 1. The highest BCUT2D eigenvalue weighted by atomic mass is 15.1. The predicted octanol–water partition coefficient (Wildman–Crippen LogP) is 1.83. The highest BCUT2D eigenvalue weighted by molar-refractivity contribution is 5.75. The van der Waals surface area contributed by atoms with Crippen molar-refractivity contribution >= 4 is 11.0 Å². The number of fused-ring (bicyclic) bond motifs is 1. The van der Waals surface area contributed by atoms with Gasteiger partial charge in [0, 0.05) is 6.54 Å². The van der Waals surface area contributed by atoms with Gasteiger partial charge in [0.15, 0.2) is 0 Å². The van der Waals surface area contributed by atoms with Gasteiger partial charge in [0.25, 0.3) is 0 Å². The summed E-state index contributed by atoms with van der Waals surface area (Å²) in [6.45, 7) is 3.17. The van der Waals surface area contributed by atoms with Crippen LogP contribution in [-0.4, -0.2) is 28.5 Å². The molecule has 0 aliphatic carbocycles. The number of hydrogen-bond donors (Lipinski definition) is 1. The smallest absolute Gasteiger partial charge is 0.104 e. The Morgan fingerprint density at radius 3 is 3.06 bits per heavy atom. The number of aromatic amines is 1. The van der Waals surface area contributed by atoms with E-state index in [0.717, 1.165) is 23.4 Å². The van der Waals surface area contributed by atoms with Gasteiger partial charge in [-0.1, -0.05) is 6.07 Å². The molecule has 0 aliphatic rings. The van der Waals surface area contributed by atoms with E-state index in [1.807, 2.05) is 24.9 Å². The average Bonchev–Trinajstić information content (AvgIpc) is 2.57. The Morgan fingerprint density at radius 1 is 1.50 bits per heavy atom. The Bertz CT molecular complexity index is 535. The van der Waals surface area contributed by atoms with Gasteiger partial charge in [-0.15, -0.1) is 0 Å². The average molecular weight is 214 g/mol.